The molecule has 0 radical (unpaired) electrons. The number of carboxylic acids is 1. The molecule has 2 aliphatic heterocycles. The van der Waals surface area contributed by atoms with Crippen LogP contribution < -0.4 is 0 Å². The Morgan fingerprint density at radius 1 is 1.00 bits per heavy atom. The van der Waals surface area contributed by atoms with Crippen LogP contribution in [-0.4, -0.2) is 53.3 Å². The van der Waals surface area contributed by atoms with Crippen molar-refractivity contribution < 1.29 is 33.7 Å². The highest BCUT2D eigenvalue weighted by molar-refractivity contribution is 5.76. The Labute approximate surface area is 167 Å². The number of carbonyl (C=O) groups excluding carboxylic acids is 2. The third-order valence-corrected chi connectivity index (χ3v) is 5.94. The van der Waals surface area contributed by atoms with Gasteiger partial charge in [0.1, 0.15) is 11.9 Å². The van der Waals surface area contributed by atoms with Crippen molar-refractivity contribution in [3.05, 3.63) is 0 Å². The lowest BCUT2D eigenvalue weighted by Crippen LogP contribution is -2.32. The van der Waals surface area contributed by atoms with Crippen LogP contribution in [0.3, 0.4) is 0 Å². The predicted octanol–water partition coefficient (Wildman–Crippen LogP) is 3.13. The Morgan fingerprint density at radius 3 is 2.14 bits per heavy atom. The fourth-order valence-corrected chi connectivity index (χ4v) is 4.02. The van der Waals surface area contributed by atoms with Gasteiger partial charge in [-0.05, 0) is 52.9 Å². The zero-order valence-electron chi connectivity index (χ0n) is 17.4. The lowest BCUT2D eigenvalue weighted by molar-refractivity contribution is -0.160. The number of Topliss-reactive ketones (excluding diaryl/α,β-unsaturated/α-hetero) is 1. The van der Waals surface area contributed by atoms with Crippen LogP contribution >= 0.6 is 0 Å². The number of aliphatic carboxylic acids is 1. The molecule has 160 valence electrons. The van der Waals surface area contributed by atoms with Gasteiger partial charge in [-0.3, -0.25) is 14.4 Å². The highest BCUT2D eigenvalue weighted by Crippen LogP contribution is 2.31. The first-order chi connectivity index (χ1) is 13.2. The van der Waals surface area contributed by atoms with Gasteiger partial charge in [-0.15, -0.1) is 0 Å². The Hall–Kier alpha value is -1.47. The number of rotatable bonds is 10. The molecule has 0 bridgehead atoms. The molecule has 2 aliphatic rings. The van der Waals surface area contributed by atoms with E-state index in [-0.39, 0.29) is 48.2 Å². The molecule has 7 heteroatoms. The molecule has 0 aliphatic carbocycles. The van der Waals surface area contributed by atoms with Gasteiger partial charge in [0, 0.05) is 12.8 Å². The monoisotopic (exact) mass is 398 g/mol. The molecule has 0 saturated carbocycles. The molecule has 0 aromatic rings. The Balaban J connectivity index is 1.80. The molecule has 2 rings (SSSR count). The van der Waals surface area contributed by atoms with Gasteiger partial charge in [-0.25, -0.2) is 0 Å². The summed E-state index contributed by atoms with van der Waals surface area (Å²) in [7, 11) is 0. The number of carboxylic acid groups (broad SMARTS) is 1. The lowest BCUT2D eigenvalue weighted by atomic mass is 10.0. The van der Waals surface area contributed by atoms with Crippen LogP contribution in [0.5, 0.6) is 0 Å². The number of ketones is 1. The van der Waals surface area contributed by atoms with Gasteiger partial charge in [-0.2, -0.15) is 0 Å². The standard InChI is InChI=1S/C21H34O7/c1-5-15(11-17-7-8-18(27-17)13(3)20(23)24)28-21(25)14(4)19-9-6-16(26-19)10-12(2)22/h13-19H,5-11H2,1-4H3,(H,23,24). The van der Waals surface area contributed by atoms with Crippen LogP contribution in [0.15, 0.2) is 0 Å². The van der Waals surface area contributed by atoms with E-state index in [1.165, 1.54) is 0 Å². The normalized spacial score (nSPS) is 30.6. The van der Waals surface area contributed by atoms with E-state index in [2.05, 4.69) is 0 Å². The molecule has 7 nitrogen and oxygen atoms in total. The van der Waals surface area contributed by atoms with Gasteiger partial charge in [0.25, 0.3) is 0 Å². The minimum atomic E-state index is -0.849. The van der Waals surface area contributed by atoms with Crippen molar-refractivity contribution in [2.24, 2.45) is 11.8 Å². The Kier molecular flexibility index (Phi) is 8.43. The summed E-state index contributed by atoms with van der Waals surface area (Å²) in [5.74, 6) is -1.95. The van der Waals surface area contributed by atoms with Gasteiger partial charge in [-0.1, -0.05) is 6.92 Å². The van der Waals surface area contributed by atoms with Crippen molar-refractivity contribution in [3.63, 3.8) is 0 Å². The first kappa shape index (κ1) is 22.8. The number of carbonyl (C=O) groups is 3. The molecule has 2 heterocycles. The Morgan fingerprint density at radius 2 is 1.57 bits per heavy atom. The van der Waals surface area contributed by atoms with Crippen molar-refractivity contribution >= 4 is 17.7 Å². The van der Waals surface area contributed by atoms with E-state index in [1.807, 2.05) is 13.8 Å². The molecule has 0 aromatic carbocycles. The van der Waals surface area contributed by atoms with Crippen LogP contribution in [0.2, 0.25) is 0 Å². The predicted molar refractivity (Wildman–Crippen MR) is 102 cm³/mol. The van der Waals surface area contributed by atoms with Crippen LogP contribution in [0.25, 0.3) is 0 Å². The summed E-state index contributed by atoms with van der Waals surface area (Å²) in [6.07, 6.45) is 3.77. The van der Waals surface area contributed by atoms with Crippen molar-refractivity contribution in [1.82, 2.24) is 0 Å². The maximum Gasteiger partial charge on any atom is 0.311 e. The van der Waals surface area contributed by atoms with Crippen LogP contribution in [0.4, 0.5) is 0 Å². The van der Waals surface area contributed by atoms with Gasteiger partial charge in [0.2, 0.25) is 0 Å². The number of hydrogen-bond acceptors (Lipinski definition) is 6. The fraction of sp³-hybridized carbons (Fsp3) is 0.857. The molecule has 2 saturated heterocycles. The van der Waals surface area contributed by atoms with E-state index < -0.39 is 11.9 Å². The van der Waals surface area contributed by atoms with Gasteiger partial charge < -0.3 is 19.3 Å². The highest BCUT2D eigenvalue weighted by atomic mass is 16.6. The Bertz CT molecular complexity index is 561. The minimum absolute atomic E-state index is 0.0810. The number of ether oxygens (including phenoxy) is 3. The zero-order valence-corrected chi connectivity index (χ0v) is 17.4. The van der Waals surface area contributed by atoms with E-state index >= 15 is 0 Å². The second kappa shape index (κ2) is 10.3. The van der Waals surface area contributed by atoms with Gasteiger partial charge in [0.05, 0.1) is 36.3 Å². The zero-order chi connectivity index (χ0) is 20.8. The molecule has 2 fully saturated rings. The summed E-state index contributed by atoms with van der Waals surface area (Å²) in [5.41, 5.74) is 0. The smallest absolute Gasteiger partial charge is 0.311 e. The van der Waals surface area contributed by atoms with Crippen LogP contribution in [0.1, 0.15) is 72.6 Å². The van der Waals surface area contributed by atoms with Gasteiger partial charge >= 0.3 is 11.9 Å². The van der Waals surface area contributed by atoms with Gasteiger partial charge in [0.15, 0.2) is 0 Å². The topological polar surface area (TPSA) is 99.1 Å². The minimum Gasteiger partial charge on any atom is -0.481 e. The van der Waals surface area contributed by atoms with E-state index in [0.717, 1.165) is 19.3 Å². The molecule has 7 unspecified atom stereocenters. The summed E-state index contributed by atoms with van der Waals surface area (Å²) in [6.45, 7) is 6.98. The second-order valence-corrected chi connectivity index (χ2v) is 8.27. The first-order valence-corrected chi connectivity index (χ1v) is 10.4. The molecule has 28 heavy (non-hydrogen) atoms. The maximum absolute atomic E-state index is 12.6. The third-order valence-electron chi connectivity index (χ3n) is 5.94. The molecule has 0 amide bonds. The van der Waals surface area contributed by atoms with E-state index in [4.69, 9.17) is 19.3 Å². The van der Waals surface area contributed by atoms with Crippen LogP contribution in [0, 0.1) is 11.8 Å². The van der Waals surface area contributed by atoms with Crippen molar-refractivity contribution in [2.75, 3.05) is 0 Å². The molecular weight excluding hydrogens is 364 g/mol. The van der Waals surface area contributed by atoms with Crippen molar-refractivity contribution in [1.29, 1.82) is 0 Å². The molecule has 0 spiro atoms. The summed E-state index contributed by atoms with van der Waals surface area (Å²) in [4.78, 5) is 34.9. The molecule has 7 atom stereocenters. The van der Waals surface area contributed by atoms with E-state index in [0.29, 0.717) is 25.7 Å². The largest absolute Gasteiger partial charge is 0.481 e. The van der Waals surface area contributed by atoms with Crippen molar-refractivity contribution in [3.8, 4) is 0 Å². The van der Waals surface area contributed by atoms with E-state index in [1.54, 1.807) is 13.8 Å². The average molecular weight is 398 g/mol. The quantitative estimate of drug-likeness (QED) is 0.564. The molecule has 0 aromatic heterocycles. The molecular formula is C21H34O7. The number of hydrogen-bond donors (Lipinski definition) is 1. The lowest BCUT2D eigenvalue weighted by Gasteiger charge is -2.24. The maximum atomic E-state index is 12.6. The average Bonchev–Trinajstić information content (AvgIpc) is 3.28. The van der Waals surface area contributed by atoms with Crippen molar-refractivity contribution in [2.45, 2.75) is 103 Å². The highest BCUT2D eigenvalue weighted by Gasteiger charge is 2.37. The van der Waals surface area contributed by atoms with E-state index in [9.17, 15) is 14.4 Å². The summed E-state index contributed by atoms with van der Waals surface area (Å²) < 4.78 is 17.5. The third kappa shape index (κ3) is 6.27. The first-order valence-electron chi connectivity index (χ1n) is 10.4. The van der Waals surface area contributed by atoms with Crippen LogP contribution in [-0.2, 0) is 28.6 Å². The summed E-state index contributed by atoms with van der Waals surface area (Å²) in [5, 5.41) is 9.13. The SMILES string of the molecule is CCC(CC1CCC(C(C)C(=O)O)O1)OC(=O)C(C)C1CCC(CC(C)=O)O1. The fourth-order valence-electron chi connectivity index (χ4n) is 4.02. The molecule has 1 N–H and O–H groups in total. The second-order valence-electron chi connectivity index (χ2n) is 8.27. The number of esters is 1. The summed E-state index contributed by atoms with van der Waals surface area (Å²) in [6, 6.07) is 0. The summed E-state index contributed by atoms with van der Waals surface area (Å²) >= 11 is 0.